The van der Waals surface area contributed by atoms with Gasteiger partial charge >= 0.3 is 0 Å². The minimum Gasteiger partial charge on any atom is -0.379 e. The summed E-state index contributed by atoms with van der Waals surface area (Å²) in [4.78, 5) is 21.7. The quantitative estimate of drug-likeness (QED) is 0.594. The van der Waals surface area contributed by atoms with Gasteiger partial charge in [-0.3, -0.25) is 15.0 Å². The van der Waals surface area contributed by atoms with Gasteiger partial charge in [-0.2, -0.15) is 0 Å². The zero-order chi connectivity index (χ0) is 9.68. The Balaban J connectivity index is 2.22. The first-order valence-electron chi connectivity index (χ1n) is 4.30. The van der Waals surface area contributed by atoms with Crippen molar-refractivity contribution in [3.63, 3.8) is 0 Å². The van der Waals surface area contributed by atoms with Gasteiger partial charge in [-0.25, -0.2) is 5.01 Å². The van der Waals surface area contributed by atoms with Crippen molar-refractivity contribution in [2.24, 2.45) is 0 Å². The third-order valence-electron chi connectivity index (χ3n) is 1.70. The van der Waals surface area contributed by atoms with Crippen LogP contribution in [0.25, 0.3) is 0 Å². The van der Waals surface area contributed by atoms with E-state index in [1.54, 1.807) is 5.01 Å². The van der Waals surface area contributed by atoms with Crippen molar-refractivity contribution in [2.45, 2.75) is 13.3 Å². The fraction of sp³-hybridized carbons (Fsp3) is 0.750. The van der Waals surface area contributed by atoms with E-state index in [0.717, 1.165) is 0 Å². The molecule has 0 aromatic heterocycles. The lowest BCUT2D eigenvalue weighted by Crippen LogP contribution is -2.48. The van der Waals surface area contributed by atoms with Gasteiger partial charge in [0.15, 0.2) is 0 Å². The van der Waals surface area contributed by atoms with E-state index in [4.69, 9.17) is 4.74 Å². The summed E-state index contributed by atoms with van der Waals surface area (Å²) in [6, 6.07) is 0. The number of nitrogens with zero attached hydrogens (tertiary/aromatic N) is 1. The molecule has 1 heterocycles. The maximum Gasteiger partial charge on any atom is 0.241 e. The first-order valence-corrected chi connectivity index (χ1v) is 4.30. The molecule has 0 radical (unpaired) electrons. The number of amides is 1. The number of hydrogen-bond donors (Lipinski definition) is 1. The van der Waals surface area contributed by atoms with E-state index in [-0.39, 0.29) is 18.1 Å². The fourth-order valence-electron chi connectivity index (χ4n) is 1.12. The number of Topliss-reactive ketones (excluding diaryl/α,β-unsaturated/α-hetero) is 1. The molecule has 0 bridgehead atoms. The Bertz CT molecular complexity index is 200. The van der Waals surface area contributed by atoms with E-state index in [9.17, 15) is 9.59 Å². The van der Waals surface area contributed by atoms with E-state index in [2.05, 4.69) is 5.43 Å². The van der Waals surface area contributed by atoms with Gasteiger partial charge in [-0.05, 0) is 6.92 Å². The van der Waals surface area contributed by atoms with Crippen molar-refractivity contribution in [3.8, 4) is 0 Å². The molecule has 1 saturated heterocycles. The van der Waals surface area contributed by atoms with Crippen LogP contribution in [0.1, 0.15) is 13.3 Å². The van der Waals surface area contributed by atoms with E-state index in [1.165, 1.54) is 6.92 Å². The maximum atomic E-state index is 11.1. The smallest absolute Gasteiger partial charge is 0.241 e. The molecule has 0 aliphatic carbocycles. The number of ketones is 1. The highest BCUT2D eigenvalue weighted by atomic mass is 16.5. The molecule has 5 heteroatoms. The second-order valence-corrected chi connectivity index (χ2v) is 3.01. The Labute approximate surface area is 77.0 Å². The number of carbonyl (C=O) groups is 2. The number of morpholine rings is 1. The molecule has 5 nitrogen and oxygen atoms in total. The van der Waals surface area contributed by atoms with Gasteiger partial charge < -0.3 is 4.74 Å². The van der Waals surface area contributed by atoms with Crippen LogP contribution in [-0.2, 0) is 14.3 Å². The van der Waals surface area contributed by atoms with Crippen molar-refractivity contribution in [2.75, 3.05) is 26.3 Å². The molecule has 0 saturated carbocycles. The van der Waals surface area contributed by atoms with Gasteiger partial charge in [0.05, 0.1) is 19.6 Å². The van der Waals surface area contributed by atoms with Gasteiger partial charge in [0.1, 0.15) is 5.78 Å². The molecule has 1 aliphatic rings. The molecule has 0 atom stereocenters. The van der Waals surface area contributed by atoms with E-state index < -0.39 is 0 Å². The summed E-state index contributed by atoms with van der Waals surface area (Å²) in [6.45, 7) is 4.02. The third kappa shape index (κ3) is 4.00. The van der Waals surface area contributed by atoms with Crippen LogP contribution in [0, 0.1) is 0 Å². The van der Waals surface area contributed by atoms with Crippen LogP contribution in [0.3, 0.4) is 0 Å². The second kappa shape index (κ2) is 4.94. The molecule has 0 unspecified atom stereocenters. The standard InChI is InChI=1S/C8H14N2O3/c1-7(11)6-8(12)9-10-2-4-13-5-3-10/h2-6H2,1H3,(H,9,12). The third-order valence-corrected chi connectivity index (χ3v) is 1.70. The minimum atomic E-state index is -0.241. The predicted octanol–water partition coefficient (Wildman–Crippen LogP) is -0.671. The average Bonchev–Trinajstić information content (AvgIpc) is 2.04. The number of ether oxygens (including phenoxy) is 1. The van der Waals surface area contributed by atoms with Crippen LogP contribution in [0.5, 0.6) is 0 Å². The van der Waals surface area contributed by atoms with Crippen molar-refractivity contribution < 1.29 is 14.3 Å². The van der Waals surface area contributed by atoms with E-state index in [0.29, 0.717) is 26.3 Å². The summed E-state index contributed by atoms with van der Waals surface area (Å²) in [5, 5.41) is 1.77. The van der Waals surface area contributed by atoms with Crippen LogP contribution in [0.2, 0.25) is 0 Å². The van der Waals surface area contributed by atoms with Crippen LogP contribution in [0.15, 0.2) is 0 Å². The van der Waals surface area contributed by atoms with Gasteiger partial charge in [0.2, 0.25) is 5.91 Å². The van der Waals surface area contributed by atoms with Crippen molar-refractivity contribution in [3.05, 3.63) is 0 Å². The molecule has 0 aromatic rings. The van der Waals surface area contributed by atoms with Crippen molar-refractivity contribution >= 4 is 11.7 Å². The first kappa shape index (κ1) is 10.1. The van der Waals surface area contributed by atoms with Gasteiger partial charge in [0, 0.05) is 13.1 Å². The zero-order valence-corrected chi connectivity index (χ0v) is 7.71. The van der Waals surface area contributed by atoms with Crippen LogP contribution in [0.4, 0.5) is 0 Å². The molecule has 1 rings (SSSR count). The first-order chi connectivity index (χ1) is 6.18. The topological polar surface area (TPSA) is 58.6 Å². The molecule has 74 valence electrons. The van der Waals surface area contributed by atoms with Crippen molar-refractivity contribution in [1.29, 1.82) is 0 Å². The largest absolute Gasteiger partial charge is 0.379 e. The van der Waals surface area contributed by atoms with Gasteiger partial charge in [-0.15, -0.1) is 0 Å². The summed E-state index contributed by atoms with van der Waals surface area (Å²) in [7, 11) is 0. The fourth-order valence-corrected chi connectivity index (χ4v) is 1.12. The molecule has 1 aliphatic heterocycles. The Kier molecular flexibility index (Phi) is 3.85. The molecule has 0 spiro atoms. The Morgan fingerprint density at radius 2 is 2.00 bits per heavy atom. The molecular formula is C8H14N2O3. The molecule has 1 N–H and O–H groups in total. The maximum absolute atomic E-state index is 11.1. The summed E-state index contributed by atoms with van der Waals surface area (Å²) >= 11 is 0. The highest BCUT2D eigenvalue weighted by Crippen LogP contribution is 1.93. The summed E-state index contributed by atoms with van der Waals surface area (Å²) < 4.78 is 5.10. The van der Waals surface area contributed by atoms with Crippen LogP contribution < -0.4 is 5.43 Å². The lowest BCUT2D eigenvalue weighted by Gasteiger charge is -2.26. The normalized spacial score (nSPS) is 18.2. The number of rotatable bonds is 3. The monoisotopic (exact) mass is 186 g/mol. The summed E-state index contributed by atoms with van der Waals surface area (Å²) in [5.41, 5.74) is 2.64. The molecule has 0 aromatic carbocycles. The SMILES string of the molecule is CC(=O)CC(=O)NN1CCOCC1. The Morgan fingerprint density at radius 1 is 1.38 bits per heavy atom. The van der Waals surface area contributed by atoms with Gasteiger partial charge in [-0.1, -0.05) is 0 Å². The van der Waals surface area contributed by atoms with E-state index >= 15 is 0 Å². The highest BCUT2D eigenvalue weighted by molar-refractivity contribution is 5.96. The summed E-state index contributed by atoms with van der Waals surface area (Å²) in [6.07, 6.45) is -0.0443. The van der Waals surface area contributed by atoms with Gasteiger partial charge in [0.25, 0.3) is 0 Å². The number of carbonyl (C=O) groups excluding carboxylic acids is 2. The Hall–Kier alpha value is -0.940. The number of nitrogens with one attached hydrogen (secondary N) is 1. The molecule has 1 fully saturated rings. The number of hydrogen-bond acceptors (Lipinski definition) is 4. The predicted molar refractivity (Wildman–Crippen MR) is 45.8 cm³/mol. The highest BCUT2D eigenvalue weighted by Gasteiger charge is 2.13. The van der Waals surface area contributed by atoms with Crippen LogP contribution >= 0.6 is 0 Å². The second-order valence-electron chi connectivity index (χ2n) is 3.01. The summed E-state index contributed by atoms with van der Waals surface area (Å²) in [5.74, 6) is -0.361. The zero-order valence-electron chi connectivity index (χ0n) is 7.71. The average molecular weight is 186 g/mol. The minimum absolute atomic E-state index is 0.0443. The Morgan fingerprint density at radius 3 is 2.54 bits per heavy atom. The molecule has 1 amide bonds. The molecular weight excluding hydrogens is 172 g/mol. The molecule has 13 heavy (non-hydrogen) atoms. The van der Waals surface area contributed by atoms with Crippen molar-refractivity contribution in [1.82, 2.24) is 10.4 Å². The lowest BCUT2D eigenvalue weighted by atomic mass is 10.3. The lowest BCUT2D eigenvalue weighted by molar-refractivity contribution is -0.132. The van der Waals surface area contributed by atoms with E-state index in [1.807, 2.05) is 0 Å². The van der Waals surface area contributed by atoms with Crippen LogP contribution in [-0.4, -0.2) is 43.0 Å². The number of hydrazine groups is 1.